The van der Waals surface area contributed by atoms with Crippen molar-refractivity contribution in [3.8, 4) is 0 Å². The molecule has 1 heterocycles. The second-order valence-corrected chi connectivity index (χ2v) is 5.55. The molecule has 106 valence electrons. The van der Waals surface area contributed by atoms with Crippen molar-refractivity contribution in [2.75, 3.05) is 6.61 Å². The minimum atomic E-state index is -0.277. The number of hydrogen-bond acceptors (Lipinski definition) is 3. The predicted molar refractivity (Wildman–Crippen MR) is 77.3 cm³/mol. The molecule has 1 saturated carbocycles. The largest absolute Gasteiger partial charge is 0.367 e. The standard InChI is InChI=1S/C15H23ClN2O/c1-3-19-15(8-6-4-5-7-9-15)14-17-11-13(10-16)12(2)18-14/h11H,3-10H2,1-2H3. The average Bonchev–Trinajstić information content (AvgIpc) is 2.66. The summed E-state index contributed by atoms with van der Waals surface area (Å²) in [4.78, 5) is 9.23. The monoisotopic (exact) mass is 282 g/mol. The molecule has 0 unspecified atom stereocenters. The van der Waals surface area contributed by atoms with Gasteiger partial charge in [0.2, 0.25) is 0 Å². The fraction of sp³-hybridized carbons (Fsp3) is 0.733. The van der Waals surface area contributed by atoms with Crippen LogP contribution < -0.4 is 0 Å². The maximum atomic E-state index is 6.11. The highest BCUT2D eigenvalue weighted by Gasteiger charge is 2.36. The summed E-state index contributed by atoms with van der Waals surface area (Å²) in [5.74, 6) is 1.32. The molecule has 19 heavy (non-hydrogen) atoms. The highest BCUT2D eigenvalue weighted by molar-refractivity contribution is 6.17. The third-order valence-electron chi connectivity index (χ3n) is 3.96. The Kier molecular flexibility index (Phi) is 5.17. The predicted octanol–water partition coefficient (Wildman–Crippen LogP) is 4.11. The zero-order valence-corrected chi connectivity index (χ0v) is 12.7. The second-order valence-electron chi connectivity index (χ2n) is 5.28. The van der Waals surface area contributed by atoms with E-state index in [9.17, 15) is 0 Å². The van der Waals surface area contributed by atoms with Crippen LogP contribution in [0.3, 0.4) is 0 Å². The normalized spacial score (nSPS) is 19.1. The van der Waals surface area contributed by atoms with Crippen molar-refractivity contribution in [2.45, 2.75) is 63.9 Å². The molecule has 0 bridgehead atoms. The van der Waals surface area contributed by atoms with Gasteiger partial charge in [0, 0.05) is 24.1 Å². The van der Waals surface area contributed by atoms with Gasteiger partial charge in [0.25, 0.3) is 0 Å². The molecule has 0 radical (unpaired) electrons. The van der Waals surface area contributed by atoms with Crippen LogP contribution in [-0.4, -0.2) is 16.6 Å². The Morgan fingerprint density at radius 3 is 2.47 bits per heavy atom. The lowest BCUT2D eigenvalue weighted by molar-refractivity contribution is -0.0625. The fourth-order valence-electron chi connectivity index (χ4n) is 2.85. The average molecular weight is 283 g/mol. The molecule has 0 aliphatic heterocycles. The summed E-state index contributed by atoms with van der Waals surface area (Å²) >= 11 is 5.88. The van der Waals surface area contributed by atoms with Crippen LogP contribution >= 0.6 is 11.6 Å². The summed E-state index contributed by atoms with van der Waals surface area (Å²) < 4.78 is 6.11. The summed E-state index contributed by atoms with van der Waals surface area (Å²) in [6, 6.07) is 0. The van der Waals surface area contributed by atoms with Crippen molar-refractivity contribution < 1.29 is 4.74 Å². The highest BCUT2D eigenvalue weighted by atomic mass is 35.5. The molecule has 1 aromatic heterocycles. The molecular formula is C15H23ClN2O. The van der Waals surface area contributed by atoms with E-state index in [1.165, 1.54) is 25.7 Å². The number of aromatic nitrogens is 2. The Bertz CT molecular complexity index is 415. The van der Waals surface area contributed by atoms with Gasteiger partial charge in [0.15, 0.2) is 5.82 Å². The number of nitrogens with zero attached hydrogens (tertiary/aromatic N) is 2. The zero-order valence-electron chi connectivity index (χ0n) is 11.9. The molecule has 0 saturated heterocycles. The van der Waals surface area contributed by atoms with Gasteiger partial charge in [-0.05, 0) is 26.7 Å². The third kappa shape index (κ3) is 3.26. The van der Waals surface area contributed by atoms with Gasteiger partial charge in [-0.2, -0.15) is 0 Å². The molecule has 0 atom stereocenters. The van der Waals surface area contributed by atoms with Crippen LogP contribution in [0.4, 0.5) is 0 Å². The van der Waals surface area contributed by atoms with E-state index < -0.39 is 0 Å². The van der Waals surface area contributed by atoms with Crippen molar-refractivity contribution in [1.82, 2.24) is 9.97 Å². The van der Waals surface area contributed by atoms with Crippen LogP contribution in [0.2, 0.25) is 0 Å². The molecule has 0 N–H and O–H groups in total. The molecule has 0 spiro atoms. The summed E-state index contributed by atoms with van der Waals surface area (Å²) in [7, 11) is 0. The SMILES string of the molecule is CCOC1(c2ncc(CCl)c(C)n2)CCCCCC1. The van der Waals surface area contributed by atoms with Gasteiger partial charge in [-0.25, -0.2) is 9.97 Å². The van der Waals surface area contributed by atoms with Gasteiger partial charge in [-0.1, -0.05) is 25.7 Å². The quantitative estimate of drug-likeness (QED) is 0.616. The minimum Gasteiger partial charge on any atom is -0.367 e. The van der Waals surface area contributed by atoms with Crippen molar-refractivity contribution in [3.05, 3.63) is 23.3 Å². The van der Waals surface area contributed by atoms with Gasteiger partial charge in [0.1, 0.15) is 5.60 Å². The first-order valence-corrected chi connectivity index (χ1v) is 7.78. The van der Waals surface area contributed by atoms with E-state index in [4.69, 9.17) is 16.3 Å². The van der Waals surface area contributed by atoms with E-state index in [1.54, 1.807) is 0 Å². The molecule has 0 amide bonds. The van der Waals surface area contributed by atoms with E-state index in [0.29, 0.717) is 12.5 Å². The first-order chi connectivity index (χ1) is 9.22. The van der Waals surface area contributed by atoms with E-state index >= 15 is 0 Å². The van der Waals surface area contributed by atoms with Crippen LogP contribution in [0.15, 0.2) is 6.20 Å². The van der Waals surface area contributed by atoms with Crippen molar-refractivity contribution in [3.63, 3.8) is 0 Å². The maximum absolute atomic E-state index is 6.11. The lowest BCUT2D eigenvalue weighted by atomic mass is 9.92. The van der Waals surface area contributed by atoms with Crippen LogP contribution in [0.1, 0.15) is 62.5 Å². The van der Waals surface area contributed by atoms with Gasteiger partial charge in [-0.3, -0.25) is 0 Å². The number of aryl methyl sites for hydroxylation is 1. The smallest absolute Gasteiger partial charge is 0.160 e. The van der Waals surface area contributed by atoms with Crippen LogP contribution in [-0.2, 0) is 16.2 Å². The topological polar surface area (TPSA) is 35.0 Å². The molecule has 1 aliphatic rings. The van der Waals surface area contributed by atoms with E-state index in [1.807, 2.05) is 20.0 Å². The molecule has 2 rings (SSSR count). The Morgan fingerprint density at radius 1 is 1.26 bits per heavy atom. The summed E-state index contributed by atoms with van der Waals surface area (Å²) in [5.41, 5.74) is 1.70. The Hall–Kier alpha value is -0.670. The molecular weight excluding hydrogens is 260 g/mol. The van der Waals surface area contributed by atoms with Crippen LogP contribution in [0.5, 0.6) is 0 Å². The summed E-state index contributed by atoms with van der Waals surface area (Å²) in [5, 5.41) is 0. The van der Waals surface area contributed by atoms with Crippen molar-refractivity contribution in [1.29, 1.82) is 0 Å². The van der Waals surface area contributed by atoms with Gasteiger partial charge in [0.05, 0.1) is 5.88 Å². The summed E-state index contributed by atoms with van der Waals surface area (Å²) in [6.45, 7) is 4.76. The van der Waals surface area contributed by atoms with Crippen LogP contribution in [0.25, 0.3) is 0 Å². The van der Waals surface area contributed by atoms with Gasteiger partial charge in [-0.15, -0.1) is 11.6 Å². The first-order valence-electron chi connectivity index (χ1n) is 7.25. The second kappa shape index (κ2) is 6.67. The van der Waals surface area contributed by atoms with E-state index in [0.717, 1.165) is 29.9 Å². The molecule has 0 aromatic carbocycles. The van der Waals surface area contributed by atoms with Gasteiger partial charge < -0.3 is 4.74 Å². The number of halogens is 1. The van der Waals surface area contributed by atoms with E-state index in [2.05, 4.69) is 9.97 Å². The van der Waals surface area contributed by atoms with E-state index in [-0.39, 0.29) is 5.60 Å². The molecule has 1 fully saturated rings. The Morgan fingerprint density at radius 2 is 1.95 bits per heavy atom. The Balaban J connectivity index is 2.34. The molecule has 1 aromatic rings. The lowest BCUT2D eigenvalue weighted by Gasteiger charge is -2.31. The third-order valence-corrected chi connectivity index (χ3v) is 4.25. The maximum Gasteiger partial charge on any atom is 0.160 e. The highest BCUT2D eigenvalue weighted by Crippen LogP contribution is 2.37. The molecule has 1 aliphatic carbocycles. The fourth-order valence-corrected chi connectivity index (χ4v) is 3.11. The van der Waals surface area contributed by atoms with Crippen molar-refractivity contribution in [2.24, 2.45) is 0 Å². The number of alkyl halides is 1. The van der Waals surface area contributed by atoms with Crippen LogP contribution in [0, 0.1) is 6.92 Å². The molecule has 4 heteroatoms. The number of rotatable bonds is 4. The molecule has 3 nitrogen and oxygen atoms in total. The van der Waals surface area contributed by atoms with Crippen molar-refractivity contribution >= 4 is 11.6 Å². The Labute approximate surface area is 120 Å². The first kappa shape index (κ1) is 14.7. The number of ether oxygens (including phenoxy) is 1. The minimum absolute atomic E-state index is 0.277. The summed E-state index contributed by atoms with van der Waals surface area (Å²) in [6.07, 6.45) is 8.87. The number of hydrogen-bond donors (Lipinski definition) is 0. The lowest BCUT2D eigenvalue weighted by Crippen LogP contribution is -2.32. The zero-order chi connectivity index (χ0) is 13.7. The van der Waals surface area contributed by atoms with Gasteiger partial charge >= 0.3 is 0 Å².